The van der Waals surface area contributed by atoms with Gasteiger partial charge in [-0.15, -0.1) is 0 Å². The molecule has 2 aromatic rings. The van der Waals surface area contributed by atoms with Crippen molar-refractivity contribution in [2.75, 3.05) is 7.11 Å². The van der Waals surface area contributed by atoms with E-state index in [-0.39, 0.29) is 11.7 Å². The Balaban J connectivity index is 2.27. The lowest BCUT2D eigenvalue weighted by Crippen LogP contribution is -2.22. The summed E-state index contributed by atoms with van der Waals surface area (Å²) in [6.45, 7) is 0. The molecule has 0 bridgehead atoms. The van der Waals surface area contributed by atoms with Crippen LogP contribution in [0, 0.1) is 0 Å². The Kier molecular flexibility index (Phi) is 4.27. The molecule has 1 unspecified atom stereocenters. The fourth-order valence-corrected chi connectivity index (χ4v) is 2.43. The Morgan fingerprint density at radius 1 is 1.37 bits per heavy atom. The number of halogens is 1. The van der Waals surface area contributed by atoms with Crippen LogP contribution >= 0.6 is 15.9 Å². The predicted octanol–water partition coefficient (Wildman–Crippen LogP) is 2.91. The van der Waals surface area contributed by atoms with Crippen LogP contribution < -0.4 is 0 Å². The highest BCUT2D eigenvalue weighted by molar-refractivity contribution is 9.10. The average molecular weight is 324 g/mol. The van der Waals surface area contributed by atoms with Gasteiger partial charge in [-0.25, -0.2) is 4.79 Å². The van der Waals surface area contributed by atoms with Crippen LogP contribution in [-0.2, 0) is 16.0 Å². The quantitative estimate of drug-likeness (QED) is 0.880. The molecule has 0 saturated heterocycles. The van der Waals surface area contributed by atoms with E-state index < -0.39 is 6.04 Å². The first kappa shape index (κ1) is 13.7. The van der Waals surface area contributed by atoms with Crippen LogP contribution in [0.25, 0.3) is 0 Å². The van der Waals surface area contributed by atoms with Gasteiger partial charge >= 0.3 is 5.97 Å². The number of benzene rings is 1. The van der Waals surface area contributed by atoms with Crippen LogP contribution in [-0.4, -0.2) is 22.8 Å². The number of ether oxygens (including phenoxy) is 1. The SMILES string of the molecule is COC(=O)C(Cc1ccc(O)cc1)n1cccc1Br. The van der Waals surface area contributed by atoms with E-state index in [2.05, 4.69) is 15.9 Å². The van der Waals surface area contributed by atoms with E-state index in [4.69, 9.17) is 4.74 Å². The van der Waals surface area contributed by atoms with Crippen LogP contribution in [0.5, 0.6) is 5.75 Å². The third-order valence-corrected chi connectivity index (χ3v) is 3.58. The smallest absolute Gasteiger partial charge is 0.329 e. The van der Waals surface area contributed by atoms with Crippen molar-refractivity contribution >= 4 is 21.9 Å². The molecule has 1 aromatic heterocycles. The largest absolute Gasteiger partial charge is 0.508 e. The summed E-state index contributed by atoms with van der Waals surface area (Å²) in [5, 5.41) is 9.27. The number of hydrogen-bond acceptors (Lipinski definition) is 3. The lowest BCUT2D eigenvalue weighted by atomic mass is 10.1. The summed E-state index contributed by atoms with van der Waals surface area (Å²) >= 11 is 3.40. The minimum Gasteiger partial charge on any atom is -0.508 e. The summed E-state index contributed by atoms with van der Waals surface area (Å²) in [5.74, 6) is -0.0921. The van der Waals surface area contributed by atoms with Gasteiger partial charge < -0.3 is 14.4 Å². The zero-order valence-electron chi connectivity index (χ0n) is 10.4. The lowest BCUT2D eigenvalue weighted by Gasteiger charge is -2.18. The number of carbonyl (C=O) groups is 1. The standard InChI is InChI=1S/C14H14BrNO3/c1-19-14(18)12(16-8-2-3-13(16)15)9-10-4-6-11(17)7-5-10/h2-8,12,17H,9H2,1H3. The van der Waals surface area contributed by atoms with Crippen molar-refractivity contribution in [3.8, 4) is 5.75 Å². The van der Waals surface area contributed by atoms with E-state index in [1.807, 2.05) is 22.9 Å². The molecule has 0 aliphatic rings. The number of rotatable bonds is 4. The number of carbonyl (C=O) groups excluding carboxylic acids is 1. The van der Waals surface area contributed by atoms with Gasteiger partial charge in [0.25, 0.3) is 0 Å². The van der Waals surface area contributed by atoms with Gasteiger partial charge in [0.05, 0.1) is 11.7 Å². The Bertz CT molecular complexity index is 562. The Morgan fingerprint density at radius 2 is 2.05 bits per heavy atom. The molecule has 0 amide bonds. The molecule has 0 radical (unpaired) electrons. The number of aromatic nitrogens is 1. The second-order valence-electron chi connectivity index (χ2n) is 4.15. The van der Waals surface area contributed by atoms with Crippen molar-refractivity contribution < 1.29 is 14.6 Å². The van der Waals surface area contributed by atoms with Crippen molar-refractivity contribution in [3.05, 3.63) is 52.8 Å². The van der Waals surface area contributed by atoms with E-state index in [1.54, 1.807) is 24.3 Å². The van der Waals surface area contributed by atoms with E-state index in [1.165, 1.54) is 7.11 Å². The Hall–Kier alpha value is -1.75. The predicted molar refractivity (Wildman–Crippen MR) is 75.0 cm³/mol. The number of methoxy groups -OCH3 is 1. The van der Waals surface area contributed by atoms with Gasteiger partial charge in [-0.3, -0.25) is 0 Å². The van der Waals surface area contributed by atoms with Crippen molar-refractivity contribution in [3.63, 3.8) is 0 Å². The highest BCUT2D eigenvalue weighted by Gasteiger charge is 2.22. The number of phenols is 1. The van der Waals surface area contributed by atoms with Crippen LogP contribution in [0.2, 0.25) is 0 Å². The minimum atomic E-state index is -0.432. The second kappa shape index (κ2) is 5.93. The fourth-order valence-electron chi connectivity index (χ4n) is 1.91. The molecule has 0 spiro atoms. The maximum atomic E-state index is 11.9. The second-order valence-corrected chi connectivity index (χ2v) is 4.96. The van der Waals surface area contributed by atoms with E-state index in [0.29, 0.717) is 6.42 Å². The number of phenolic OH excluding ortho intramolecular Hbond substituents is 1. The van der Waals surface area contributed by atoms with Crippen molar-refractivity contribution in [1.29, 1.82) is 0 Å². The summed E-state index contributed by atoms with van der Waals surface area (Å²) in [4.78, 5) is 11.9. The Labute approximate surface area is 119 Å². The lowest BCUT2D eigenvalue weighted by molar-refractivity contribution is -0.144. The third-order valence-electron chi connectivity index (χ3n) is 2.90. The van der Waals surface area contributed by atoms with Crippen molar-refractivity contribution in [1.82, 2.24) is 4.57 Å². The summed E-state index contributed by atoms with van der Waals surface area (Å²) in [5.41, 5.74) is 0.953. The zero-order chi connectivity index (χ0) is 13.8. The van der Waals surface area contributed by atoms with Crippen LogP contribution in [0.1, 0.15) is 11.6 Å². The molecule has 1 aromatic carbocycles. The number of hydrogen-bond donors (Lipinski definition) is 1. The molecule has 4 nitrogen and oxygen atoms in total. The summed E-state index contributed by atoms with van der Waals surface area (Å²) in [6.07, 6.45) is 2.33. The first-order valence-electron chi connectivity index (χ1n) is 5.80. The molecular formula is C14H14BrNO3. The Morgan fingerprint density at radius 3 is 2.58 bits per heavy atom. The van der Waals surface area contributed by atoms with Gasteiger partial charge in [0, 0.05) is 12.6 Å². The molecule has 5 heteroatoms. The average Bonchev–Trinajstić information content (AvgIpc) is 2.83. The summed E-state index contributed by atoms with van der Waals surface area (Å²) in [7, 11) is 1.38. The molecule has 0 aliphatic heterocycles. The summed E-state index contributed by atoms with van der Waals surface area (Å²) < 4.78 is 7.50. The minimum absolute atomic E-state index is 0.209. The molecule has 1 atom stereocenters. The van der Waals surface area contributed by atoms with Gasteiger partial charge in [0.2, 0.25) is 0 Å². The van der Waals surface area contributed by atoms with Gasteiger partial charge in [0.15, 0.2) is 0 Å². The third kappa shape index (κ3) is 3.17. The monoisotopic (exact) mass is 323 g/mol. The normalized spacial score (nSPS) is 12.1. The summed E-state index contributed by atoms with van der Waals surface area (Å²) in [6, 6.07) is 10.1. The van der Waals surface area contributed by atoms with Gasteiger partial charge in [-0.2, -0.15) is 0 Å². The molecule has 0 aliphatic carbocycles. The van der Waals surface area contributed by atoms with Gasteiger partial charge in [-0.05, 0) is 45.8 Å². The molecule has 0 saturated carbocycles. The molecule has 2 rings (SSSR count). The first-order valence-corrected chi connectivity index (χ1v) is 6.59. The molecule has 1 heterocycles. The van der Waals surface area contributed by atoms with E-state index >= 15 is 0 Å². The number of aromatic hydroxyl groups is 1. The number of esters is 1. The maximum Gasteiger partial charge on any atom is 0.329 e. The molecule has 19 heavy (non-hydrogen) atoms. The number of nitrogens with zero attached hydrogens (tertiary/aromatic N) is 1. The topological polar surface area (TPSA) is 51.5 Å². The van der Waals surface area contributed by atoms with Crippen LogP contribution in [0.3, 0.4) is 0 Å². The molecular weight excluding hydrogens is 310 g/mol. The zero-order valence-corrected chi connectivity index (χ0v) is 12.0. The van der Waals surface area contributed by atoms with Crippen molar-refractivity contribution in [2.45, 2.75) is 12.5 Å². The first-order chi connectivity index (χ1) is 9.11. The maximum absolute atomic E-state index is 11.9. The van der Waals surface area contributed by atoms with Crippen molar-refractivity contribution in [2.24, 2.45) is 0 Å². The van der Waals surface area contributed by atoms with Crippen LogP contribution in [0.4, 0.5) is 0 Å². The highest BCUT2D eigenvalue weighted by atomic mass is 79.9. The van der Waals surface area contributed by atoms with E-state index in [0.717, 1.165) is 10.2 Å². The fraction of sp³-hybridized carbons (Fsp3) is 0.214. The highest BCUT2D eigenvalue weighted by Crippen LogP contribution is 2.23. The van der Waals surface area contributed by atoms with E-state index in [9.17, 15) is 9.90 Å². The molecule has 100 valence electrons. The van der Waals surface area contributed by atoms with Gasteiger partial charge in [0.1, 0.15) is 11.8 Å². The van der Waals surface area contributed by atoms with Crippen LogP contribution in [0.15, 0.2) is 47.2 Å². The molecule has 1 N–H and O–H groups in total. The van der Waals surface area contributed by atoms with Gasteiger partial charge in [-0.1, -0.05) is 12.1 Å². The molecule has 0 fully saturated rings.